The molecule has 0 bridgehead atoms. The average Bonchev–Trinajstić information content (AvgIpc) is 2.89. The lowest BCUT2D eigenvalue weighted by Gasteiger charge is -2.18. The van der Waals surface area contributed by atoms with E-state index in [4.69, 9.17) is 18.9 Å². The summed E-state index contributed by atoms with van der Waals surface area (Å²) >= 11 is 0. The van der Waals surface area contributed by atoms with E-state index in [1.165, 1.54) is 6.92 Å². The van der Waals surface area contributed by atoms with Crippen LogP contribution in [0.3, 0.4) is 0 Å². The van der Waals surface area contributed by atoms with Gasteiger partial charge in [-0.2, -0.15) is 0 Å². The molecule has 1 N–H and O–H groups in total. The van der Waals surface area contributed by atoms with Crippen LogP contribution in [0.5, 0.6) is 23.0 Å². The molecule has 0 spiro atoms. The highest BCUT2D eigenvalue weighted by Crippen LogP contribution is 2.38. The van der Waals surface area contributed by atoms with Gasteiger partial charge in [-0.1, -0.05) is 0 Å². The van der Waals surface area contributed by atoms with Crippen LogP contribution in [0.1, 0.15) is 29.7 Å². The van der Waals surface area contributed by atoms with Crippen molar-refractivity contribution in [3.05, 3.63) is 82.8 Å². The number of benzene rings is 3. The largest absolute Gasteiger partial charge is 0.493 e. The van der Waals surface area contributed by atoms with Crippen LogP contribution < -0.4 is 19.5 Å². The van der Waals surface area contributed by atoms with Crippen LogP contribution in [-0.4, -0.2) is 25.3 Å². The number of carbonyl (C=O) groups excluding carboxylic acids is 1. The molecule has 0 aliphatic heterocycles. The zero-order valence-corrected chi connectivity index (χ0v) is 21.3. The summed E-state index contributed by atoms with van der Waals surface area (Å²) in [6.07, 6.45) is -0.432. The zero-order chi connectivity index (χ0) is 27.6. The van der Waals surface area contributed by atoms with Crippen molar-refractivity contribution in [1.82, 2.24) is 4.98 Å². The third-order valence-corrected chi connectivity index (χ3v) is 6.16. The minimum atomic E-state index is -1.32. The van der Waals surface area contributed by atoms with Crippen molar-refractivity contribution in [3.63, 3.8) is 0 Å². The zero-order valence-electron chi connectivity index (χ0n) is 21.3. The quantitative estimate of drug-likeness (QED) is 0.253. The second-order valence-corrected chi connectivity index (χ2v) is 8.46. The summed E-state index contributed by atoms with van der Waals surface area (Å²) in [4.78, 5) is 16.8. The van der Waals surface area contributed by atoms with Gasteiger partial charge in [-0.25, -0.2) is 18.0 Å². The summed E-state index contributed by atoms with van der Waals surface area (Å²) in [6.45, 7) is 4.97. The van der Waals surface area contributed by atoms with Crippen molar-refractivity contribution in [2.75, 3.05) is 19.5 Å². The Labute approximate surface area is 217 Å². The molecule has 0 fully saturated rings. The highest BCUT2D eigenvalue weighted by atomic mass is 19.2. The Morgan fingerprint density at radius 3 is 2.24 bits per heavy atom. The lowest BCUT2D eigenvalue weighted by atomic mass is 10.1. The predicted molar refractivity (Wildman–Crippen MR) is 136 cm³/mol. The molecule has 0 saturated heterocycles. The highest BCUT2D eigenvalue weighted by molar-refractivity contribution is 5.89. The maximum Gasteiger partial charge on any atom is 0.412 e. The lowest BCUT2D eigenvalue weighted by Crippen LogP contribution is -2.17. The van der Waals surface area contributed by atoms with E-state index in [1.807, 2.05) is 6.92 Å². The smallest absolute Gasteiger partial charge is 0.412 e. The number of nitrogens with one attached hydrogen (secondary N) is 1. The molecule has 3 aromatic carbocycles. The molecule has 0 saturated carbocycles. The van der Waals surface area contributed by atoms with Gasteiger partial charge in [0.25, 0.3) is 0 Å². The van der Waals surface area contributed by atoms with Gasteiger partial charge in [-0.05, 0) is 62.2 Å². The summed E-state index contributed by atoms with van der Waals surface area (Å²) in [5.41, 5.74) is 2.25. The van der Waals surface area contributed by atoms with Crippen molar-refractivity contribution < 1.29 is 36.9 Å². The molecule has 1 aromatic heterocycles. The van der Waals surface area contributed by atoms with Gasteiger partial charge < -0.3 is 18.9 Å². The number of anilines is 1. The summed E-state index contributed by atoms with van der Waals surface area (Å²) in [5.74, 6) is -1.42. The summed E-state index contributed by atoms with van der Waals surface area (Å²) < 4.78 is 62.9. The first-order valence-electron chi connectivity index (χ1n) is 11.5. The number of rotatable bonds is 7. The molecule has 38 heavy (non-hydrogen) atoms. The predicted octanol–water partition coefficient (Wildman–Crippen LogP) is 7.39. The van der Waals surface area contributed by atoms with Crippen LogP contribution in [0.2, 0.25) is 0 Å². The molecule has 4 aromatic rings. The number of carbonyl (C=O) groups is 1. The van der Waals surface area contributed by atoms with E-state index in [2.05, 4.69) is 10.3 Å². The third-order valence-electron chi connectivity index (χ3n) is 6.16. The normalized spacial score (nSPS) is 11.7. The highest BCUT2D eigenvalue weighted by Gasteiger charge is 2.20. The molecular formula is C28H25F3N2O5. The van der Waals surface area contributed by atoms with E-state index in [0.29, 0.717) is 57.3 Å². The van der Waals surface area contributed by atoms with Crippen molar-refractivity contribution >= 4 is 22.7 Å². The minimum Gasteiger partial charge on any atom is -0.493 e. The molecule has 4 rings (SSSR count). The van der Waals surface area contributed by atoms with Crippen molar-refractivity contribution in [3.8, 4) is 23.0 Å². The second-order valence-electron chi connectivity index (χ2n) is 8.46. The van der Waals surface area contributed by atoms with Gasteiger partial charge >= 0.3 is 6.09 Å². The Morgan fingerprint density at radius 1 is 0.842 bits per heavy atom. The molecule has 198 valence electrons. The average molecular weight is 527 g/mol. The number of amides is 1. The Balaban J connectivity index is 1.53. The van der Waals surface area contributed by atoms with Crippen LogP contribution in [-0.2, 0) is 4.74 Å². The van der Waals surface area contributed by atoms with Gasteiger partial charge in [-0.15, -0.1) is 0 Å². The topological polar surface area (TPSA) is 78.9 Å². The van der Waals surface area contributed by atoms with Crippen LogP contribution >= 0.6 is 0 Å². The maximum atomic E-state index is 14.0. The number of fused-ring (bicyclic) bond motifs is 1. The number of pyridine rings is 1. The van der Waals surface area contributed by atoms with E-state index >= 15 is 0 Å². The van der Waals surface area contributed by atoms with Crippen molar-refractivity contribution in [1.29, 1.82) is 0 Å². The number of hydrogen-bond acceptors (Lipinski definition) is 6. The molecule has 1 atom stereocenters. The number of nitrogens with zero attached hydrogens (tertiary/aromatic N) is 1. The fourth-order valence-electron chi connectivity index (χ4n) is 3.91. The van der Waals surface area contributed by atoms with Gasteiger partial charge in [0, 0.05) is 35.0 Å². The first kappa shape index (κ1) is 26.6. The maximum absolute atomic E-state index is 14.0. The van der Waals surface area contributed by atoms with Crippen LogP contribution in [0.15, 0.2) is 48.7 Å². The molecular weight excluding hydrogens is 501 g/mol. The van der Waals surface area contributed by atoms with E-state index in [9.17, 15) is 18.0 Å². The van der Waals surface area contributed by atoms with Crippen LogP contribution in [0.4, 0.5) is 23.7 Å². The van der Waals surface area contributed by atoms with E-state index in [1.54, 1.807) is 57.7 Å². The fraction of sp³-hybridized carbons (Fsp3) is 0.214. The Kier molecular flexibility index (Phi) is 7.61. The molecule has 10 heteroatoms. The number of halogens is 3. The van der Waals surface area contributed by atoms with Gasteiger partial charge in [0.05, 0.1) is 19.7 Å². The molecule has 1 unspecified atom stereocenters. The SMILES string of the molecule is COc1cc2nccc(Oc3ccc(NC(=O)OC(C)c4cc(F)c(F)cc4F)c(C)c3C)c2cc1OC. The summed E-state index contributed by atoms with van der Waals surface area (Å²) in [5, 5.41) is 3.31. The Morgan fingerprint density at radius 2 is 1.53 bits per heavy atom. The number of methoxy groups -OCH3 is 2. The molecule has 1 amide bonds. The molecule has 0 aliphatic rings. The molecule has 1 heterocycles. The van der Waals surface area contributed by atoms with E-state index < -0.39 is 29.6 Å². The monoisotopic (exact) mass is 526 g/mol. The van der Waals surface area contributed by atoms with Crippen LogP contribution in [0, 0.1) is 31.3 Å². The van der Waals surface area contributed by atoms with Gasteiger partial charge in [0.2, 0.25) is 0 Å². The third kappa shape index (κ3) is 5.29. The van der Waals surface area contributed by atoms with Crippen molar-refractivity contribution in [2.24, 2.45) is 0 Å². The molecule has 7 nitrogen and oxygen atoms in total. The number of hydrogen-bond donors (Lipinski definition) is 1. The summed E-state index contributed by atoms with van der Waals surface area (Å²) in [7, 11) is 3.09. The van der Waals surface area contributed by atoms with Gasteiger partial charge in [0.15, 0.2) is 23.1 Å². The number of ether oxygens (including phenoxy) is 4. The van der Waals surface area contributed by atoms with Gasteiger partial charge in [-0.3, -0.25) is 10.3 Å². The Bertz CT molecular complexity index is 1530. The number of aromatic nitrogens is 1. The Hall–Kier alpha value is -4.47. The standard InChI is InChI=1S/C28H25F3N2O5/c1-14-15(2)24(38-25-8-9-32-23-13-27(36-5)26(35-4)11-18(23)25)7-6-22(14)33-28(34)37-16(3)17-10-20(30)21(31)12-19(17)29/h6-13,16H,1-5H3,(H,33,34). The molecule has 0 aliphatic carbocycles. The fourth-order valence-corrected chi connectivity index (χ4v) is 3.91. The van der Waals surface area contributed by atoms with Crippen LogP contribution in [0.25, 0.3) is 10.9 Å². The van der Waals surface area contributed by atoms with E-state index in [0.717, 1.165) is 5.56 Å². The molecule has 0 radical (unpaired) electrons. The summed E-state index contributed by atoms with van der Waals surface area (Å²) in [6, 6.07) is 9.65. The van der Waals surface area contributed by atoms with Gasteiger partial charge in [0.1, 0.15) is 23.4 Å². The second kappa shape index (κ2) is 10.9. The van der Waals surface area contributed by atoms with E-state index in [-0.39, 0.29) is 5.56 Å². The first-order chi connectivity index (χ1) is 18.1. The van der Waals surface area contributed by atoms with Crippen molar-refractivity contribution in [2.45, 2.75) is 26.9 Å². The first-order valence-corrected chi connectivity index (χ1v) is 11.5. The lowest BCUT2D eigenvalue weighted by molar-refractivity contribution is 0.119. The minimum absolute atomic E-state index is 0.283.